The molecule has 0 aromatic heterocycles. The number of carbonyl (C=O) groups is 2. The Bertz CT molecular complexity index is 791. The number of benzene rings is 2. The van der Waals surface area contributed by atoms with Crippen LogP contribution < -0.4 is 4.74 Å². The molecule has 0 saturated heterocycles. The predicted molar refractivity (Wildman–Crippen MR) is 107 cm³/mol. The Morgan fingerprint density at radius 3 is 2.00 bits per heavy atom. The van der Waals surface area contributed by atoms with Crippen molar-refractivity contribution < 1.29 is 23.8 Å². The van der Waals surface area contributed by atoms with Crippen molar-refractivity contribution in [3.05, 3.63) is 64.7 Å². The van der Waals surface area contributed by atoms with Gasteiger partial charge in [-0.15, -0.1) is 0 Å². The van der Waals surface area contributed by atoms with Gasteiger partial charge in [0.25, 0.3) is 0 Å². The van der Waals surface area contributed by atoms with Crippen LogP contribution in [0, 0.1) is 5.41 Å². The molecule has 2 aromatic carbocycles. The summed E-state index contributed by atoms with van der Waals surface area (Å²) in [4.78, 5) is 23.6. The summed E-state index contributed by atoms with van der Waals surface area (Å²) in [5.41, 5.74) is 1.61. The zero-order valence-electron chi connectivity index (χ0n) is 16.5. The van der Waals surface area contributed by atoms with Gasteiger partial charge in [0.05, 0.1) is 5.41 Å². The topological polar surface area (TPSA) is 61.8 Å². The molecule has 1 unspecified atom stereocenters. The van der Waals surface area contributed by atoms with Crippen LogP contribution >= 0.6 is 11.6 Å². The highest BCUT2D eigenvalue weighted by atomic mass is 35.5. The van der Waals surface area contributed by atoms with E-state index in [0.717, 1.165) is 17.5 Å². The minimum Gasteiger partial charge on any atom is -0.479 e. The summed E-state index contributed by atoms with van der Waals surface area (Å²) >= 11 is 5.90. The lowest BCUT2D eigenvalue weighted by Gasteiger charge is -2.18. The first-order valence-corrected chi connectivity index (χ1v) is 9.37. The summed E-state index contributed by atoms with van der Waals surface area (Å²) in [7, 11) is 0. The van der Waals surface area contributed by atoms with Crippen molar-refractivity contribution >= 4 is 23.5 Å². The van der Waals surface area contributed by atoms with Crippen LogP contribution in [0.25, 0.3) is 0 Å². The highest BCUT2D eigenvalue weighted by molar-refractivity contribution is 6.30. The summed E-state index contributed by atoms with van der Waals surface area (Å²) in [6.07, 6.45) is -0.0516. The summed E-state index contributed by atoms with van der Waals surface area (Å²) in [6, 6.07) is 15.2. The van der Waals surface area contributed by atoms with E-state index < -0.39 is 30.3 Å². The Balaban J connectivity index is 1.81. The van der Waals surface area contributed by atoms with Crippen LogP contribution in [0.2, 0.25) is 5.02 Å². The number of hydrogen-bond donors (Lipinski definition) is 0. The molecule has 0 N–H and O–H groups in total. The Kier molecular flexibility index (Phi) is 7.46. The fourth-order valence-corrected chi connectivity index (χ4v) is 2.38. The van der Waals surface area contributed by atoms with Gasteiger partial charge in [-0.25, -0.2) is 4.79 Å². The van der Waals surface area contributed by atoms with Crippen molar-refractivity contribution in [2.24, 2.45) is 5.41 Å². The van der Waals surface area contributed by atoms with Gasteiger partial charge < -0.3 is 14.2 Å². The van der Waals surface area contributed by atoms with Gasteiger partial charge in [-0.3, -0.25) is 4.79 Å². The third-order valence-corrected chi connectivity index (χ3v) is 4.15. The molecule has 6 heteroatoms. The second-order valence-electron chi connectivity index (χ2n) is 7.47. The number of esters is 2. The average molecular weight is 405 g/mol. The fraction of sp³-hybridized carbons (Fsp3) is 0.364. The van der Waals surface area contributed by atoms with E-state index in [4.69, 9.17) is 25.8 Å². The molecule has 28 heavy (non-hydrogen) atoms. The van der Waals surface area contributed by atoms with Crippen molar-refractivity contribution in [2.75, 3.05) is 6.79 Å². The molecule has 150 valence electrons. The first-order chi connectivity index (χ1) is 13.1. The van der Waals surface area contributed by atoms with Gasteiger partial charge in [0.1, 0.15) is 5.75 Å². The molecule has 0 saturated carbocycles. The van der Waals surface area contributed by atoms with E-state index in [-0.39, 0.29) is 0 Å². The summed E-state index contributed by atoms with van der Waals surface area (Å²) in [6.45, 7) is 6.32. The molecule has 1 atom stereocenters. The van der Waals surface area contributed by atoms with Gasteiger partial charge in [0, 0.05) is 5.02 Å². The van der Waals surface area contributed by atoms with E-state index >= 15 is 0 Å². The predicted octanol–water partition coefficient (Wildman–Crippen LogP) is 4.79. The van der Waals surface area contributed by atoms with Crippen molar-refractivity contribution in [1.82, 2.24) is 0 Å². The van der Waals surface area contributed by atoms with Gasteiger partial charge in [-0.2, -0.15) is 0 Å². The standard InChI is InChI=1S/C22H25ClO5/c1-15(20(24)26-14-27-21(25)22(2,3)4)28-19-11-7-17(8-12-19)13-16-5-9-18(23)10-6-16/h5-12,15H,13-14H2,1-4H3. The van der Waals surface area contributed by atoms with E-state index in [2.05, 4.69) is 0 Å². The first kappa shape index (κ1) is 21.8. The second-order valence-corrected chi connectivity index (χ2v) is 7.91. The molecular formula is C22H25ClO5. The number of rotatable bonds is 7. The zero-order chi connectivity index (χ0) is 20.7. The average Bonchev–Trinajstić information content (AvgIpc) is 2.64. The van der Waals surface area contributed by atoms with Crippen LogP contribution in [0.5, 0.6) is 5.75 Å². The lowest BCUT2D eigenvalue weighted by atomic mass is 9.98. The molecule has 2 aromatic rings. The monoisotopic (exact) mass is 404 g/mol. The molecule has 0 spiro atoms. The molecule has 2 rings (SSSR count). The molecule has 0 radical (unpaired) electrons. The van der Waals surface area contributed by atoms with Gasteiger partial charge >= 0.3 is 11.9 Å². The van der Waals surface area contributed by atoms with Crippen LogP contribution in [-0.4, -0.2) is 24.8 Å². The van der Waals surface area contributed by atoms with Gasteiger partial charge in [0.15, 0.2) is 6.10 Å². The van der Waals surface area contributed by atoms with Crippen molar-refractivity contribution in [2.45, 2.75) is 40.2 Å². The third kappa shape index (κ3) is 6.89. The van der Waals surface area contributed by atoms with E-state index in [1.807, 2.05) is 36.4 Å². The molecule has 0 aliphatic rings. The Hall–Kier alpha value is -2.53. The van der Waals surface area contributed by atoms with Gasteiger partial charge in [-0.05, 0) is 69.5 Å². The summed E-state index contributed by atoms with van der Waals surface area (Å²) < 4.78 is 15.4. The van der Waals surface area contributed by atoms with Crippen molar-refractivity contribution in [1.29, 1.82) is 0 Å². The van der Waals surface area contributed by atoms with E-state index in [1.54, 1.807) is 39.8 Å². The van der Waals surface area contributed by atoms with Crippen LogP contribution in [0.15, 0.2) is 48.5 Å². The molecule has 0 heterocycles. The SMILES string of the molecule is CC(Oc1ccc(Cc2ccc(Cl)cc2)cc1)C(=O)OCOC(=O)C(C)(C)C. The number of halogens is 1. The number of ether oxygens (including phenoxy) is 3. The molecule has 0 aliphatic carbocycles. The van der Waals surface area contributed by atoms with Crippen LogP contribution in [0.4, 0.5) is 0 Å². The minimum atomic E-state index is -0.824. The van der Waals surface area contributed by atoms with Gasteiger partial charge in [0.2, 0.25) is 6.79 Å². The maximum Gasteiger partial charge on any atom is 0.349 e. The first-order valence-electron chi connectivity index (χ1n) is 8.99. The Morgan fingerprint density at radius 1 is 0.929 bits per heavy atom. The minimum absolute atomic E-state index is 0.428. The van der Waals surface area contributed by atoms with E-state index in [9.17, 15) is 9.59 Å². The van der Waals surface area contributed by atoms with E-state index in [0.29, 0.717) is 10.8 Å². The summed E-state index contributed by atoms with van der Waals surface area (Å²) in [5.74, 6) is -0.493. The largest absolute Gasteiger partial charge is 0.479 e. The zero-order valence-corrected chi connectivity index (χ0v) is 17.3. The molecular weight excluding hydrogens is 380 g/mol. The van der Waals surface area contributed by atoms with Crippen LogP contribution in [0.3, 0.4) is 0 Å². The Labute approximate surface area is 170 Å². The Morgan fingerprint density at radius 2 is 1.46 bits per heavy atom. The quantitative estimate of drug-likeness (QED) is 0.490. The lowest BCUT2D eigenvalue weighted by Crippen LogP contribution is -2.29. The van der Waals surface area contributed by atoms with Crippen molar-refractivity contribution in [3.63, 3.8) is 0 Å². The smallest absolute Gasteiger partial charge is 0.349 e. The van der Waals surface area contributed by atoms with E-state index in [1.165, 1.54) is 0 Å². The maximum atomic E-state index is 12.0. The fourth-order valence-electron chi connectivity index (χ4n) is 2.25. The summed E-state index contributed by atoms with van der Waals surface area (Å²) in [5, 5.41) is 0.710. The van der Waals surface area contributed by atoms with Crippen LogP contribution in [0.1, 0.15) is 38.8 Å². The normalized spacial score (nSPS) is 12.2. The lowest BCUT2D eigenvalue weighted by molar-refractivity contribution is -0.176. The maximum absolute atomic E-state index is 12.0. The molecule has 0 amide bonds. The number of carbonyl (C=O) groups excluding carboxylic acids is 2. The molecule has 0 fully saturated rings. The molecule has 5 nitrogen and oxygen atoms in total. The van der Waals surface area contributed by atoms with Gasteiger partial charge in [-0.1, -0.05) is 35.9 Å². The van der Waals surface area contributed by atoms with Crippen molar-refractivity contribution in [3.8, 4) is 5.75 Å². The van der Waals surface area contributed by atoms with Crippen LogP contribution in [-0.2, 0) is 25.5 Å². The second kappa shape index (κ2) is 9.60. The number of hydrogen-bond acceptors (Lipinski definition) is 5. The molecule has 0 aliphatic heterocycles. The highest BCUT2D eigenvalue weighted by Gasteiger charge is 2.24. The molecule has 0 bridgehead atoms. The third-order valence-electron chi connectivity index (χ3n) is 3.89. The highest BCUT2D eigenvalue weighted by Crippen LogP contribution is 2.18.